The first-order valence-corrected chi connectivity index (χ1v) is 8.15. The van der Waals surface area contributed by atoms with Crippen LogP contribution >= 0.6 is 0 Å². The van der Waals surface area contributed by atoms with Crippen molar-refractivity contribution >= 4 is 12.1 Å². The number of nitrogens with one attached hydrogen (secondary N) is 1. The number of rotatable bonds is 5. The van der Waals surface area contributed by atoms with Crippen molar-refractivity contribution in [3.8, 4) is 11.5 Å². The molecule has 1 amide bonds. The highest BCUT2D eigenvalue weighted by Gasteiger charge is 2.64. The summed E-state index contributed by atoms with van der Waals surface area (Å²) in [6, 6.07) is 5.56. The Labute approximate surface area is 137 Å². The Balaban J connectivity index is 1.65. The number of benzene rings is 1. The first kappa shape index (κ1) is 15.8. The SMILES string of the molecule is COc1cccc(/C=N\NC(=O)[C@@H]2[C@@H]3CCCC[C@]23C)c1OC. The zero-order chi connectivity index (χ0) is 16.4. The molecule has 2 fully saturated rings. The highest BCUT2D eigenvalue weighted by atomic mass is 16.5. The number of nitrogens with zero attached hydrogens (tertiary/aromatic N) is 1. The van der Waals surface area contributed by atoms with Gasteiger partial charge in [-0.1, -0.05) is 25.8 Å². The van der Waals surface area contributed by atoms with E-state index in [1.54, 1.807) is 20.4 Å². The fraction of sp³-hybridized carbons (Fsp3) is 0.556. The number of hydrogen-bond donors (Lipinski definition) is 1. The normalized spacial score (nSPS) is 29.0. The van der Waals surface area contributed by atoms with Crippen LogP contribution in [0.3, 0.4) is 0 Å². The van der Waals surface area contributed by atoms with Gasteiger partial charge in [0.1, 0.15) is 0 Å². The third-order valence-corrected chi connectivity index (χ3v) is 5.43. The van der Waals surface area contributed by atoms with Gasteiger partial charge < -0.3 is 9.47 Å². The molecule has 5 nitrogen and oxygen atoms in total. The molecule has 2 aliphatic rings. The molecule has 124 valence electrons. The predicted octanol–water partition coefficient (Wildman–Crippen LogP) is 2.98. The van der Waals surface area contributed by atoms with Crippen molar-refractivity contribution in [3.05, 3.63) is 23.8 Å². The lowest BCUT2D eigenvalue weighted by Crippen LogP contribution is -2.22. The van der Waals surface area contributed by atoms with Gasteiger partial charge in [-0.3, -0.25) is 4.79 Å². The third kappa shape index (κ3) is 2.80. The highest BCUT2D eigenvalue weighted by Crippen LogP contribution is 2.66. The van der Waals surface area contributed by atoms with Gasteiger partial charge in [0.25, 0.3) is 0 Å². The Morgan fingerprint density at radius 1 is 1.35 bits per heavy atom. The second kappa shape index (κ2) is 6.22. The largest absolute Gasteiger partial charge is 0.493 e. The maximum atomic E-state index is 12.4. The van der Waals surface area contributed by atoms with Crippen LogP contribution in [0.4, 0.5) is 0 Å². The molecule has 0 saturated heterocycles. The Kier molecular flexibility index (Phi) is 4.28. The van der Waals surface area contributed by atoms with Crippen molar-refractivity contribution in [1.82, 2.24) is 5.43 Å². The second-order valence-electron chi connectivity index (χ2n) is 6.65. The van der Waals surface area contributed by atoms with Gasteiger partial charge in [-0.2, -0.15) is 5.10 Å². The van der Waals surface area contributed by atoms with E-state index >= 15 is 0 Å². The van der Waals surface area contributed by atoms with Crippen molar-refractivity contribution in [2.75, 3.05) is 14.2 Å². The molecule has 0 spiro atoms. The van der Waals surface area contributed by atoms with E-state index in [2.05, 4.69) is 17.5 Å². The van der Waals surface area contributed by atoms with Crippen LogP contribution in [-0.4, -0.2) is 26.3 Å². The molecule has 23 heavy (non-hydrogen) atoms. The van der Waals surface area contributed by atoms with Crippen molar-refractivity contribution in [3.63, 3.8) is 0 Å². The maximum absolute atomic E-state index is 12.4. The van der Waals surface area contributed by atoms with E-state index in [0.29, 0.717) is 17.4 Å². The number of hydrazone groups is 1. The summed E-state index contributed by atoms with van der Waals surface area (Å²) in [7, 11) is 3.18. The standard InChI is InChI=1S/C18H24N2O3/c1-18-10-5-4-8-13(18)15(18)17(21)20-19-11-12-7-6-9-14(22-2)16(12)23-3/h6-7,9,11,13,15H,4-5,8,10H2,1-3H3,(H,20,21)/b19-11-/t13-,15-,18-/m0/s1. The minimum absolute atomic E-state index is 0.0394. The van der Waals surface area contributed by atoms with E-state index in [-0.39, 0.29) is 17.2 Å². The Morgan fingerprint density at radius 2 is 2.17 bits per heavy atom. The van der Waals surface area contributed by atoms with E-state index in [1.165, 1.54) is 19.3 Å². The van der Waals surface area contributed by atoms with Crippen LogP contribution in [0.25, 0.3) is 0 Å². The molecule has 0 bridgehead atoms. The van der Waals surface area contributed by atoms with Gasteiger partial charge >= 0.3 is 0 Å². The molecule has 0 aromatic heterocycles. The van der Waals surface area contributed by atoms with Crippen molar-refractivity contribution in [1.29, 1.82) is 0 Å². The average molecular weight is 316 g/mol. The van der Waals surface area contributed by atoms with E-state index in [9.17, 15) is 4.79 Å². The minimum atomic E-state index is 0.0394. The van der Waals surface area contributed by atoms with Gasteiger partial charge in [0, 0.05) is 11.5 Å². The predicted molar refractivity (Wildman–Crippen MR) is 88.8 cm³/mol. The van der Waals surface area contributed by atoms with E-state index in [1.807, 2.05) is 18.2 Å². The quantitative estimate of drug-likeness (QED) is 0.671. The molecule has 1 aromatic rings. The van der Waals surface area contributed by atoms with Crippen LogP contribution in [0.2, 0.25) is 0 Å². The summed E-state index contributed by atoms with van der Waals surface area (Å²) in [5, 5.41) is 4.12. The average Bonchev–Trinajstić information content (AvgIpc) is 3.20. The monoisotopic (exact) mass is 316 g/mol. The lowest BCUT2D eigenvalue weighted by atomic mass is 9.90. The molecule has 1 N–H and O–H groups in total. The fourth-order valence-electron chi connectivity index (χ4n) is 4.10. The molecular weight excluding hydrogens is 292 g/mol. The van der Waals surface area contributed by atoms with Crippen molar-refractivity contribution in [2.45, 2.75) is 32.6 Å². The highest BCUT2D eigenvalue weighted by molar-refractivity contribution is 5.88. The molecule has 2 aliphatic carbocycles. The molecule has 0 aliphatic heterocycles. The Hall–Kier alpha value is -2.04. The van der Waals surface area contributed by atoms with Crippen molar-refractivity contribution in [2.24, 2.45) is 22.4 Å². The van der Waals surface area contributed by atoms with Crippen LogP contribution in [0, 0.1) is 17.3 Å². The summed E-state index contributed by atoms with van der Waals surface area (Å²) in [5.41, 5.74) is 3.67. The van der Waals surface area contributed by atoms with Crippen LogP contribution in [0.1, 0.15) is 38.2 Å². The number of para-hydroxylation sites is 1. The second-order valence-corrected chi connectivity index (χ2v) is 6.65. The van der Waals surface area contributed by atoms with Crippen molar-refractivity contribution < 1.29 is 14.3 Å². The fourth-order valence-corrected chi connectivity index (χ4v) is 4.10. The maximum Gasteiger partial charge on any atom is 0.244 e. The molecule has 2 saturated carbocycles. The van der Waals surface area contributed by atoms with Crippen LogP contribution in [0.5, 0.6) is 11.5 Å². The number of ether oxygens (including phenoxy) is 2. The number of fused-ring (bicyclic) bond motifs is 1. The van der Waals surface area contributed by atoms with Gasteiger partial charge in [0.15, 0.2) is 11.5 Å². The molecule has 1 aromatic carbocycles. The van der Waals surface area contributed by atoms with Gasteiger partial charge in [-0.15, -0.1) is 0 Å². The summed E-state index contributed by atoms with van der Waals surface area (Å²) < 4.78 is 10.6. The molecule has 0 radical (unpaired) electrons. The Bertz CT molecular complexity index is 629. The number of carbonyl (C=O) groups is 1. The number of amides is 1. The molecule has 3 atom stereocenters. The van der Waals surface area contributed by atoms with Crippen LogP contribution < -0.4 is 14.9 Å². The van der Waals surface area contributed by atoms with Gasteiger partial charge in [-0.25, -0.2) is 5.43 Å². The number of carbonyl (C=O) groups excluding carboxylic acids is 1. The number of methoxy groups -OCH3 is 2. The Morgan fingerprint density at radius 3 is 2.83 bits per heavy atom. The zero-order valence-electron chi connectivity index (χ0n) is 14.0. The summed E-state index contributed by atoms with van der Waals surface area (Å²) in [5.74, 6) is 1.95. The van der Waals surface area contributed by atoms with Gasteiger partial charge in [-0.05, 0) is 36.3 Å². The summed E-state index contributed by atoms with van der Waals surface area (Å²) in [6.45, 7) is 2.23. The lowest BCUT2D eigenvalue weighted by Gasteiger charge is -2.15. The summed E-state index contributed by atoms with van der Waals surface area (Å²) in [6.07, 6.45) is 6.41. The van der Waals surface area contributed by atoms with Crippen LogP contribution in [-0.2, 0) is 4.79 Å². The molecule has 3 rings (SSSR count). The first-order valence-electron chi connectivity index (χ1n) is 8.15. The molecule has 0 unspecified atom stereocenters. The third-order valence-electron chi connectivity index (χ3n) is 5.43. The first-order chi connectivity index (χ1) is 11.1. The molecule has 0 heterocycles. The molecular formula is C18H24N2O3. The van der Waals surface area contributed by atoms with E-state index in [0.717, 1.165) is 12.0 Å². The van der Waals surface area contributed by atoms with E-state index < -0.39 is 0 Å². The zero-order valence-corrected chi connectivity index (χ0v) is 14.0. The molecule has 5 heteroatoms. The topological polar surface area (TPSA) is 59.9 Å². The lowest BCUT2D eigenvalue weighted by molar-refractivity contribution is -0.123. The smallest absolute Gasteiger partial charge is 0.244 e. The van der Waals surface area contributed by atoms with Gasteiger partial charge in [0.2, 0.25) is 5.91 Å². The summed E-state index contributed by atoms with van der Waals surface area (Å²) >= 11 is 0. The number of hydrogen-bond acceptors (Lipinski definition) is 4. The van der Waals surface area contributed by atoms with E-state index in [4.69, 9.17) is 9.47 Å². The minimum Gasteiger partial charge on any atom is -0.493 e. The summed E-state index contributed by atoms with van der Waals surface area (Å²) in [4.78, 5) is 12.4. The van der Waals surface area contributed by atoms with Gasteiger partial charge in [0.05, 0.1) is 20.4 Å². The van der Waals surface area contributed by atoms with Crippen LogP contribution in [0.15, 0.2) is 23.3 Å².